The third kappa shape index (κ3) is 6.42. The molecule has 1 heterocycles. The number of Topliss-reactive ketones (excluding diaryl/α,β-unsaturated/α-hetero) is 1. The van der Waals surface area contributed by atoms with Crippen molar-refractivity contribution in [1.29, 1.82) is 0 Å². The van der Waals surface area contributed by atoms with Crippen LogP contribution in [0.25, 0.3) is 0 Å². The van der Waals surface area contributed by atoms with Crippen molar-refractivity contribution in [2.24, 2.45) is 11.8 Å². The van der Waals surface area contributed by atoms with Gasteiger partial charge in [0.1, 0.15) is 19.9 Å². The quantitative estimate of drug-likeness (QED) is 0.263. The molecule has 2 aromatic rings. The first-order chi connectivity index (χ1) is 20.7. The highest BCUT2D eigenvalue weighted by atomic mass is 28.3. The number of nitrogens with zero attached hydrogens (tertiary/aromatic N) is 1. The molecular weight excluding hydrogens is 563 g/mol. The van der Waals surface area contributed by atoms with Gasteiger partial charge in [0.2, 0.25) is 0 Å². The van der Waals surface area contributed by atoms with Gasteiger partial charge in [0.15, 0.2) is 5.78 Å². The zero-order valence-corrected chi connectivity index (χ0v) is 29.7. The first kappa shape index (κ1) is 34.0. The number of carbonyl (C=O) groups is 2. The molecule has 4 atom stereocenters. The molecule has 0 N–H and O–H groups in total. The summed E-state index contributed by atoms with van der Waals surface area (Å²) in [5, 5.41) is 0.886. The predicted molar refractivity (Wildman–Crippen MR) is 183 cm³/mol. The maximum absolute atomic E-state index is 14.5. The molecule has 1 aliphatic heterocycles. The average Bonchev–Trinajstić information content (AvgIpc) is 2.98. The summed E-state index contributed by atoms with van der Waals surface area (Å²) >= 11 is 0. The Labute approximate surface area is 267 Å². The third-order valence-corrected chi connectivity index (χ3v) is 18.2. The highest BCUT2D eigenvalue weighted by Crippen LogP contribution is 2.50. The molecule has 2 aromatic carbocycles. The minimum absolute atomic E-state index is 0.157. The van der Waals surface area contributed by atoms with Crippen molar-refractivity contribution in [3.8, 4) is 5.75 Å². The predicted octanol–water partition coefficient (Wildman–Crippen LogP) is 10.0. The Bertz CT molecular complexity index is 1290. The maximum Gasteiger partial charge on any atom is 0.414 e. The molecule has 1 amide bonds. The number of ketones is 1. The topological polar surface area (TPSA) is 55.8 Å². The lowest BCUT2D eigenvalue weighted by Gasteiger charge is -2.48. The Morgan fingerprint density at radius 3 is 2.05 bits per heavy atom. The number of carbonyl (C=O) groups excluding carboxylic acids is 2. The molecule has 0 unspecified atom stereocenters. The molecular formula is C38H55NO4Si. The van der Waals surface area contributed by atoms with Gasteiger partial charge in [0, 0.05) is 18.5 Å². The lowest BCUT2D eigenvalue weighted by Crippen LogP contribution is -2.52. The molecule has 6 heteroatoms. The summed E-state index contributed by atoms with van der Waals surface area (Å²) in [5.74, 6) is 1.58. The van der Waals surface area contributed by atoms with Crippen molar-refractivity contribution in [3.63, 3.8) is 0 Å². The lowest BCUT2D eigenvalue weighted by atomic mass is 9.64. The van der Waals surface area contributed by atoms with Gasteiger partial charge in [-0.25, -0.2) is 4.79 Å². The van der Waals surface area contributed by atoms with Crippen LogP contribution in [-0.2, 0) is 14.9 Å². The van der Waals surface area contributed by atoms with E-state index in [1.54, 1.807) is 12.0 Å². The van der Waals surface area contributed by atoms with Crippen molar-refractivity contribution < 1.29 is 19.1 Å². The Hall–Kier alpha value is -2.86. The monoisotopic (exact) mass is 617 g/mol. The van der Waals surface area contributed by atoms with Gasteiger partial charge >= 0.3 is 6.09 Å². The van der Waals surface area contributed by atoms with E-state index in [-0.39, 0.29) is 35.7 Å². The number of allylic oxidation sites excluding steroid dienone is 1. The van der Waals surface area contributed by atoms with E-state index in [2.05, 4.69) is 92.6 Å². The summed E-state index contributed by atoms with van der Waals surface area (Å²) < 4.78 is 12.0. The highest BCUT2D eigenvalue weighted by Gasteiger charge is 2.51. The minimum Gasteiger partial charge on any atom is -0.497 e. The van der Waals surface area contributed by atoms with Gasteiger partial charge in [-0.1, -0.05) is 111 Å². The fourth-order valence-corrected chi connectivity index (χ4v) is 15.6. The van der Waals surface area contributed by atoms with Gasteiger partial charge in [0.25, 0.3) is 0 Å². The second kappa shape index (κ2) is 13.6. The molecule has 0 radical (unpaired) electrons. The smallest absolute Gasteiger partial charge is 0.414 e. The molecule has 1 aliphatic carbocycles. The summed E-state index contributed by atoms with van der Waals surface area (Å²) in [5.41, 5.74) is 3.07. The van der Waals surface area contributed by atoms with Crippen molar-refractivity contribution in [2.45, 2.75) is 122 Å². The summed E-state index contributed by atoms with van der Waals surface area (Å²) in [6, 6.07) is 17.9. The zero-order valence-electron chi connectivity index (χ0n) is 28.7. The molecule has 0 aromatic heterocycles. The molecule has 44 heavy (non-hydrogen) atoms. The van der Waals surface area contributed by atoms with Crippen LogP contribution >= 0.6 is 0 Å². The van der Waals surface area contributed by atoms with Crippen molar-refractivity contribution in [1.82, 2.24) is 4.90 Å². The Morgan fingerprint density at radius 1 is 0.909 bits per heavy atom. The molecule has 1 fully saturated rings. The second-order valence-electron chi connectivity index (χ2n) is 14.8. The van der Waals surface area contributed by atoms with Crippen molar-refractivity contribution >= 4 is 20.0 Å². The Morgan fingerprint density at radius 2 is 1.50 bits per heavy atom. The third-order valence-electron chi connectivity index (χ3n) is 11.1. The molecule has 0 bridgehead atoms. The number of benzene rings is 2. The number of hydrogen-bond donors (Lipinski definition) is 0. The molecule has 4 rings (SSSR count). The van der Waals surface area contributed by atoms with Gasteiger partial charge < -0.3 is 9.47 Å². The van der Waals surface area contributed by atoms with Gasteiger partial charge in [-0.3, -0.25) is 9.69 Å². The van der Waals surface area contributed by atoms with E-state index in [1.165, 1.54) is 5.56 Å². The van der Waals surface area contributed by atoms with Crippen LogP contribution in [0, 0.1) is 11.8 Å². The molecule has 0 spiro atoms. The Balaban J connectivity index is 1.78. The van der Waals surface area contributed by atoms with Crippen LogP contribution in [0.1, 0.15) is 105 Å². The second-order valence-corrected chi connectivity index (χ2v) is 20.7. The van der Waals surface area contributed by atoms with E-state index in [0.29, 0.717) is 22.5 Å². The zero-order chi connectivity index (χ0) is 32.4. The Kier molecular flexibility index (Phi) is 10.5. The van der Waals surface area contributed by atoms with E-state index in [4.69, 9.17) is 9.47 Å². The molecule has 0 saturated heterocycles. The van der Waals surface area contributed by atoms with Crippen LogP contribution in [0.2, 0.25) is 16.6 Å². The van der Waals surface area contributed by atoms with E-state index in [0.717, 1.165) is 35.8 Å². The maximum atomic E-state index is 14.5. The lowest BCUT2D eigenvalue weighted by molar-refractivity contribution is -0.116. The van der Waals surface area contributed by atoms with Gasteiger partial charge in [-0.05, 0) is 69.3 Å². The number of ether oxygens (including phenoxy) is 2. The first-order valence-electron chi connectivity index (χ1n) is 16.7. The number of hydrogen-bond acceptors (Lipinski definition) is 4. The largest absolute Gasteiger partial charge is 0.497 e. The van der Waals surface area contributed by atoms with Crippen LogP contribution in [0.15, 0.2) is 66.0 Å². The van der Waals surface area contributed by atoms with Crippen LogP contribution in [0.5, 0.6) is 5.75 Å². The van der Waals surface area contributed by atoms with Gasteiger partial charge in [-0.2, -0.15) is 0 Å². The molecule has 2 aliphatic rings. The van der Waals surface area contributed by atoms with Crippen molar-refractivity contribution in [3.05, 3.63) is 77.1 Å². The fourth-order valence-electron chi connectivity index (χ4n) is 8.81. The fraction of sp³-hybridized carbons (Fsp3) is 0.579. The van der Waals surface area contributed by atoms with Crippen LogP contribution in [0.3, 0.4) is 0 Å². The average molecular weight is 618 g/mol. The SMILES string of the molecule is COc1ccc([C@H]2CC(=O)C([Si](C(C)C)(C(C)C)C(C)C)=CN2C(=O)O[C@@H]2C[C@H](C)CC[C@H]2C(C)(C)c2ccccc2)cc1. The number of methoxy groups -OCH3 is 1. The normalized spacial score (nSPS) is 23.2. The first-order valence-corrected chi connectivity index (χ1v) is 18.9. The van der Waals surface area contributed by atoms with E-state index < -0.39 is 14.1 Å². The van der Waals surface area contributed by atoms with E-state index in [9.17, 15) is 9.59 Å². The summed E-state index contributed by atoms with van der Waals surface area (Å²) in [7, 11) is -0.688. The van der Waals surface area contributed by atoms with Crippen LogP contribution in [-0.4, -0.2) is 38.1 Å². The standard InChI is InChI=1S/C38H55NO4Si/c1-25(2)44(26(3)4,27(5)6)36-24-39(33(23-34(36)40)29-17-19-31(42-10)20-18-29)37(41)43-35-22-28(7)16-21-32(35)38(8,9)30-14-12-11-13-15-30/h11-15,17-20,24-28,32-33,35H,16,21-23H2,1-10H3/t28-,32-,33-,35-/m1/s1. The summed E-state index contributed by atoms with van der Waals surface area (Å²) in [6.45, 7) is 20.4. The number of rotatable bonds is 9. The van der Waals surface area contributed by atoms with Crippen LogP contribution in [0.4, 0.5) is 4.79 Å². The molecule has 240 valence electrons. The number of amides is 1. The highest BCUT2D eigenvalue weighted by molar-refractivity contribution is 6.93. The summed E-state index contributed by atoms with van der Waals surface area (Å²) in [6.07, 6.45) is 4.60. The summed E-state index contributed by atoms with van der Waals surface area (Å²) in [4.78, 5) is 30.5. The minimum atomic E-state index is -2.33. The van der Waals surface area contributed by atoms with E-state index in [1.807, 2.05) is 30.5 Å². The molecule has 5 nitrogen and oxygen atoms in total. The van der Waals surface area contributed by atoms with Crippen molar-refractivity contribution in [2.75, 3.05) is 7.11 Å². The molecule has 1 saturated carbocycles. The van der Waals surface area contributed by atoms with Crippen LogP contribution < -0.4 is 4.74 Å². The van der Waals surface area contributed by atoms with Gasteiger partial charge in [0.05, 0.1) is 13.2 Å². The van der Waals surface area contributed by atoms with Gasteiger partial charge in [-0.15, -0.1) is 0 Å². The van der Waals surface area contributed by atoms with E-state index >= 15 is 0 Å².